The standard InChI is InChI=1S/C20H22/c1-15-11-16(2)20(13-18-9-5-6-10-18)14-19(15)12-17-7-3-4-8-17/h3-11,14,17-18H,12-13H2,1-2H3. The van der Waals surface area contributed by atoms with Crippen LogP contribution in [0.4, 0.5) is 0 Å². The first-order chi connectivity index (χ1) is 9.72. The first-order valence-electron chi connectivity index (χ1n) is 7.51. The van der Waals surface area contributed by atoms with E-state index in [1.165, 1.54) is 22.3 Å². The summed E-state index contributed by atoms with van der Waals surface area (Å²) in [5, 5.41) is 0. The molecule has 0 heterocycles. The van der Waals surface area contributed by atoms with Gasteiger partial charge in [0, 0.05) is 0 Å². The van der Waals surface area contributed by atoms with E-state index in [4.69, 9.17) is 0 Å². The highest BCUT2D eigenvalue weighted by Crippen LogP contribution is 2.25. The van der Waals surface area contributed by atoms with Crippen molar-refractivity contribution in [2.24, 2.45) is 11.8 Å². The van der Waals surface area contributed by atoms with E-state index in [1.54, 1.807) is 0 Å². The normalized spacial score (nSPS) is 17.7. The van der Waals surface area contributed by atoms with Crippen molar-refractivity contribution in [1.82, 2.24) is 0 Å². The molecule has 0 amide bonds. The Balaban J connectivity index is 1.82. The molecule has 20 heavy (non-hydrogen) atoms. The molecule has 2 aliphatic carbocycles. The Labute approximate surface area is 122 Å². The predicted octanol–water partition coefficient (Wildman–Crippen LogP) is 4.87. The highest BCUT2D eigenvalue weighted by atomic mass is 14.2. The van der Waals surface area contributed by atoms with Gasteiger partial charge in [-0.15, -0.1) is 0 Å². The molecule has 102 valence electrons. The molecule has 0 bridgehead atoms. The fourth-order valence-corrected chi connectivity index (χ4v) is 3.12. The molecule has 1 aromatic rings. The molecule has 3 rings (SSSR count). The Morgan fingerprint density at radius 3 is 1.45 bits per heavy atom. The predicted molar refractivity (Wildman–Crippen MR) is 86.9 cm³/mol. The van der Waals surface area contributed by atoms with E-state index < -0.39 is 0 Å². The summed E-state index contributed by atoms with van der Waals surface area (Å²) in [5.74, 6) is 1.16. The van der Waals surface area contributed by atoms with Crippen LogP contribution in [0.1, 0.15) is 22.3 Å². The van der Waals surface area contributed by atoms with Crippen LogP contribution in [0.15, 0.2) is 60.7 Å². The fourth-order valence-electron chi connectivity index (χ4n) is 3.12. The van der Waals surface area contributed by atoms with E-state index in [1.807, 2.05) is 0 Å². The van der Waals surface area contributed by atoms with Crippen molar-refractivity contribution in [3.05, 3.63) is 83.0 Å². The summed E-state index contributed by atoms with van der Waals surface area (Å²) in [7, 11) is 0. The number of hydrogen-bond donors (Lipinski definition) is 0. The van der Waals surface area contributed by atoms with E-state index in [0.717, 1.165) is 12.8 Å². The zero-order valence-corrected chi connectivity index (χ0v) is 12.3. The molecule has 0 heteroatoms. The fraction of sp³-hybridized carbons (Fsp3) is 0.300. The van der Waals surface area contributed by atoms with Gasteiger partial charge in [-0.3, -0.25) is 0 Å². The third-order valence-electron chi connectivity index (χ3n) is 4.36. The maximum Gasteiger partial charge on any atom is -0.000673 e. The van der Waals surface area contributed by atoms with Gasteiger partial charge in [-0.05, 0) is 60.8 Å². The molecule has 0 spiro atoms. The third kappa shape index (κ3) is 2.85. The number of benzene rings is 1. The van der Waals surface area contributed by atoms with Gasteiger partial charge in [0.25, 0.3) is 0 Å². The number of hydrogen-bond acceptors (Lipinski definition) is 0. The lowest BCUT2D eigenvalue weighted by Crippen LogP contribution is -2.04. The van der Waals surface area contributed by atoms with Crippen molar-refractivity contribution in [1.29, 1.82) is 0 Å². The molecule has 0 nitrogen and oxygen atoms in total. The summed E-state index contributed by atoms with van der Waals surface area (Å²) in [5.41, 5.74) is 5.85. The quantitative estimate of drug-likeness (QED) is 0.726. The molecule has 0 unspecified atom stereocenters. The van der Waals surface area contributed by atoms with E-state index in [9.17, 15) is 0 Å². The minimum atomic E-state index is 0.579. The SMILES string of the molecule is Cc1cc(C)c(CC2C=CC=C2)cc1CC1C=CC=C1. The van der Waals surface area contributed by atoms with Crippen molar-refractivity contribution < 1.29 is 0 Å². The molecule has 0 radical (unpaired) electrons. The van der Waals surface area contributed by atoms with Gasteiger partial charge in [-0.1, -0.05) is 60.7 Å². The molecule has 0 aromatic heterocycles. The topological polar surface area (TPSA) is 0 Å². The van der Waals surface area contributed by atoms with Crippen LogP contribution < -0.4 is 0 Å². The molecule has 0 atom stereocenters. The second-order valence-corrected chi connectivity index (χ2v) is 5.98. The van der Waals surface area contributed by atoms with Crippen molar-refractivity contribution >= 4 is 0 Å². The average molecular weight is 262 g/mol. The molecule has 0 saturated heterocycles. The zero-order valence-electron chi connectivity index (χ0n) is 12.3. The second kappa shape index (κ2) is 5.66. The van der Waals surface area contributed by atoms with Gasteiger partial charge in [0.05, 0.1) is 0 Å². The molecule has 2 aliphatic rings. The van der Waals surface area contributed by atoms with Crippen molar-refractivity contribution in [3.8, 4) is 0 Å². The van der Waals surface area contributed by atoms with Crippen LogP contribution in [0.25, 0.3) is 0 Å². The van der Waals surface area contributed by atoms with Gasteiger partial charge in [-0.2, -0.15) is 0 Å². The van der Waals surface area contributed by atoms with E-state index in [0.29, 0.717) is 11.8 Å². The Morgan fingerprint density at radius 2 is 1.05 bits per heavy atom. The van der Waals surface area contributed by atoms with Gasteiger partial charge < -0.3 is 0 Å². The molecule has 0 saturated carbocycles. The van der Waals surface area contributed by atoms with Gasteiger partial charge in [0.15, 0.2) is 0 Å². The highest BCUT2D eigenvalue weighted by Gasteiger charge is 2.12. The van der Waals surface area contributed by atoms with Crippen molar-refractivity contribution in [2.45, 2.75) is 26.7 Å². The number of rotatable bonds is 4. The molecule has 0 fully saturated rings. The Kier molecular flexibility index (Phi) is 3.73. The van der Waals surface area contributed by atoms with Crippen LogP contribution in [0.2, 0.25) is 0 Å². The van der Waals surface area contributed by atoms with Crippen LogP contribution in [-0.2, 0) is 12.8 Å². The molecule has 0 N–H and O–H groups in total. The van der Waals surface area contributed by atoms with Crippen LogP contribution in [-0.4, -0.2) is 0 Å². The van der Waals surface area contributed by atoms with Crippen molar-refractivity contribution in [2.75, 3.05) is 0 Å². The van der Waals surface area contributed by atoms with Crippen LogP contribution in [0, 0.1) is 25.7 Å². The Morgan fingerprint density at radius 1 is 0.650 bits per heavy atom. The smallest absolute Gasteiger partial charge is 0.000673 e. The first kappa shape index (κ1) is 13.2. The lowest BCUT2D eigenvalue weighted by Gasteiger charge is -2.15. The molecule has 1 aromatic carbocycles. The summed E-state index contributed by atoms with van der Waals surface area (Å²) in [6.45, 7) is 4.48. The van der Waals surface area contributed by atoms with Gasteiger partial charge in [0.2, 0.25) is 0 Å². The highest BCUT2D eigenvalue weighted by molar-refractivity contribution is 5.39. The summed E-state index contributed by atoms with van der Waals surface area (Å²) >= 11 is 0. The lowest BCUT2D eigenvalue weighted by molar-refractivity contribution is 0.787. The largest absolute Gasteiger partial charge is 0.0773 e. The first-order valence-corrected chi connectivity index (χ1v) is 7.51. The van der Waals surface area contributed by atoms with Gasteiger partial charge >= 0.3 is 0 Å². The summed E-state index contributed by atoms with van der Waals surface area (Å²) in [4.78, 5) is 0. The number of allylic oxidation sites excluding steroid dienone is 8. The molecular formula is C20H22. The lowest BCUT2D eigenvalue weighted by atomic mass is 9.90. The third-order valence-corrected chi connectivity index (χ3v) is 4.36. The monoisotopic (exact) mass is 262 g/mol. The molecular weight excluding hydrogens is 240 g/mol. The van der Waals surface area contributed by atoms with Crippen LogP contribution in [0.3, 0.4) is 0 Å². The maximum atomic E-state index is 2.44. The zero-order chi connectivity index (χ0) is 13.9. The molecule has 0 aliphatic heterocycles. The number of aryl methyl sites for hydroxylation is 2. The van der Waals surface area contributed by atoms with E-state index in [-0.39, 0.29) is 0 Å². The minimum absolute atomic E-state index is 0.579. The second-order valence-electron chi connectivity index (χ2n) is 5.98. The Hall–Kier alpha value is -1.82. The average Bonchev–Trinajstić information content (AvgIpc) is 3.08. The Bertz CT molecular complexity index is 536. The van der Waals surface area contributed by atoms with Gasteiger partial charge in [-0.25, -0.2) is 0 Å². The maximum absolute atomic E-state index is 2.44. The van der Waals surface area contributed by atoms with E-state index >= 15 is 0 Å². The summed E-state index contributed by atoms with van der Waals surface area (Å²) in [6, 6.07) is 4.79. The van der Waals surface area contributed by atoms with Crippen molar-refractivity contribution in [3.63, 3.8) is 0 Å². The summed E-state index contributed by atoms with van der Waals surface area (Å²) < 4.78 is 0. The van der Waals surface area contributed by atoms with E-state index in [2.05, 4.69) is 74.6 Å². The summed E-state index contributed by atoms with van der Waals surface area (Å²) in [6.07, 6.45) is 20.1. The van der Waals surface area contributed by atoms with Crippen LogP contribution >= 0.6 is 0 Å². The van der Waals surface area contributed by atoms with Gasteiger partial charge in [0.1, 0.15) is 0 Å². The minimum Gasteiger partial charge on any atom is -0.0773 e. The van der Waals surface area contributed by atoms with Crippen LogP contribution in [0.5, 0.6) is 0 Å².